The SMILES string of the molecule is c1ccc(COc2ccncn2)nc1. The minimum atomic E-state index is 0.428. The molecule has 70 valence electrons. The van der Waals surface area contributed by atoms with Gasteiger partial charge in [0.15, 0.2) is 0 Å². The lowest BCUT2D eigenvalue weighted by molar-refractivity contribution is 0.288. The highest BCUT2D eigenvalue weighted by Crippen LogP contribution is 2.04. The number of ether oxygens (including phenoxy) is 1. The van der Waals surface area contributed by atoms with Crippen LogP contribution in [0.2, 0.25) is 0 Å². The smallest absolute Gasteiger partial charge is 0.216 e. The van der Waals surface area contributed by atoms with Crippen LogP contribution in [0.25, 0.3) is 0 Å². The molecule has 2 aromatic heterocycles. The summed E-state index contributed by atoms with van der Waals surface area (Å²) in [5.74, 6) is 0.561. The summed E-state index contributed by atoms with van der Waals surface area (Å²) in [6.07, 6.45) is 4.83. The van der Waals surface area contributed by atoms with Gasteiger partial charge in [-0.15, -0.1) is 0 Å². The fraction of sp³-hybridized carbons (Fsp3) is 0.100. The summed E-state index contributed by atoms with van der Waals surface area (Å²) in [4.78, 5) is 11.9. The molecule has 0 saturated heterocycles. The van der Waals surface area contributed by atoms with Gasteiger partial charge in [-0.3, -0.25) is 4.98 Å². The maximum atomic E-state index is 5.38. The summed E-state index contributed by atoms with van der Waals surface area (Å²) < 4.78 is 5.38. The van der Waals surface area contributed by atoms with Crippen molar-refractivity contribution in [3.63, 3.8) is 0 Å². The third-order valence-electron chi connectivity index (χ3n) is 1.65. The van der Waals surface area contributed by atoms with Crippen LogP contribution in [0.4, 0.5) is 0 Å². The number of rotatable bonds is 3. The van der Waals surface area contributed by atoms with Crippen molar-refractivity contribution in [1.82, 2.24) is 15.0 Å². The largest absolute Gasteiger partial charge is 0.471 e. The van der Waals surface area contributed by atoms with Crippen molar-refractivity contribution in [2.75, 3.05) is 0 Å². The van der Waals surface area contributed by atoms with Crippen molar-refractivity contribution in [3.8, 4) is 5.88 Å². The zero-order chi connectivity index (χ0) is 9.64. The molecular formula is C10H9N3O. The van der Waals surface area contributed by atoms with Crippen molar-refractivity contribution in [2.24, 2.45) is 0 Å². The number of nitrogens with zero attached hydrogens (tertiary/aromatic N) is 3. The van der Waals surface area contributed by atoms with Crippen LogP contribution in [0.15, 0.2) is 43.0 Å². The van der Waals surface area contributed by atoms with Gasteiger partial charge >= 0.3 is 0 Å². The maximum Gasteiger partial charge on any atom is 0.216 e. The van der Waals surface area contributed by atoms with E-state index in [4.69, 9.17) is 4.74 Å². The minimum absolute atomic E-state index is 0.428. The second-order valence-electron chi connectivity index (χ2n) is 2.66. The van der Waals surface area contributed by atoms with Crippen molar-refractivity contribution in [2.45, 2.75) is 6.61 Å². The standard InChI is InChI=1S/C10H9N3O/c1-2-5-12-9(3-1)7-14-10-4-6-11-8-13-10/h1-6,8H,7H2. The molecule has 4 nitrogen and oxygen atoms in total. The highest BCUT2D eigenvalue weighted by molar-refractivity contribution is 5.07. The van der Waals surface area contributed by atoms with Gasteiger partial charge in [0.05, 0.1) is 5.69 Å². The Morgan fingerprint density at radius 2 is 2.07 bits per heavy atom. The Bertz CT molecular complexity index is 338. The van der Waals surface area contributed by atoms with Gasteiger partial charge in [-0.25, -0.2) is 9.97 Å². The Balaban J connectivity index is 1.96. The molecule has 0 aliphatic heterocycles. The van der Waals surface area contributed by atoms with Gasteiger partial charge in [-0.05, 0) is 12.1 Å². The van der Waals surface area contributed by atoms with Gasteiger partial charge in [0.25, 0.3) is 0 Å². The Kier molecular flexibility index (Phi) is 2.66. The molecule has 14 heavy (non-hydrogen) atoms. The molecule has 4 heteroatoms. The fourth-order valence-electron chi connectivity index (χ4n) is 0.995. The van der Waals surface area contributed by atoms with Crippen LogP contribution in [0, 0.1) is 0 Å². The predicted octanol–water partition coefficient (Wildman–Crippen LogP) is 1.45. The Morgan fingerprint density at radius 3 is 2.79 bits per heavy atom. The van der Waals surface area contributed by atoms with Gasteiger partial charge < -0.3 is 4.74 Å². The molecule has 0 saturated carbocycles. The maximum absolute atomic E-state index is 5.38. The van der Waals surface area contributed by atoms with Gasteiger partial charge in [-0.2, -0.15) is 0 Å². The summed E-state index contributed by atoms with van der Waals surface area (Å²) in [7, 11) is 0. The second-order valence-corrected chi connectivity index (χ2v) is 2.66. The van der Waals surface area contributed by atoms with E-state index in [1.807, 2.05) is 18.2 Å². The summed E-state index contributed by atoms with van der Waals surface area (Å²) in [6.45, 7) is 0.428. The normalized spacial score (nSPS) is 9.71. The topological polar surface area (TPSA) is 47.9 Å². The molecule has 0 amide bonds. The molecule has 0 radical (unpaired) electrons. The van der Waals surface area contributed by atoms with Crippen LogP contribution < -0.4 is 4.74 Å². The van der Waals surface area contributed by atoms with E-state index in [0.29, 0.717) is 12.5 Å². The van der Waals surface area contributed by atoms with E-state index in [-0.39, 0.29) is 0 Å². The van der Waals surface area contributed by atoms with Crippen molar-refractivity contribution in [3.05, 3.63) is 48.7 Å². The Labute approximate surface area is 81.6 Å². The molecule has 2 aromatic rings. The van der Waals surface area contributed by atoms with E-state index in [0.717, 1.165) is 5.69 Å². The van der Waals surface area contributed by atoms with E-state index in [2.05, 4.69) is 15.0 Å². The first kappa shape index (κ1) is 8.62. The summed E-state index contributed by atoms with van der Waals surface area (Å²) in [5.41, 5.74) is 0.881. The lowest BCUT2D eigenvalue weighted by atomic mass is 10.4. The lowest BCUT2D eigenvalue weighted by Crippen LogP contribution is -1.98. The summed E-state index contributed by atoms with van der Waals surface area (Å²) in [5, 5.41) is 0. The first-order valence-corrected chi connectivity index (χ1v) is 4.24. The quantitative estimate of drug-likeness (QED) is 0.729. The molecule has 2 rings (SSSR count). The summed E-state index contributed by atoms with van der Waals surface area (Å²) in [6, 6.07) is 7.41. The zero-order valence-corrected chi connectivity index (χ0v) is 7.50. The van der Waals surface area contributed by atoms with Gasteiger partial charge in [0.1, 0.15) is 12.9 Å². The lowest BCUT2D eigenvalue weighted by Gasteiger charge is -2.02. The molecule has 0 bridgehead atoms. The zero-order valence-electron chi connectivity index (χ0n) is 7.50. The molecule has 0 atom stereocenters. The number of aromatic nitrogens is 3. The molecular weight excluding hydrogens is 178 g/mol. The molecule has 0 N–H and O–H groups in total. The van der Waals surface area contributed by atoms with Gasteiger partial charge in [-0.1, -0.05) is 6.07 Å². The molecule has 0 unspecified atom stereocenters. The third kappa shape index (κ3) is 2.26. The van der Waals surface area contributed by atoms with E-state index in [9.17, 15) is 0 Å². The average Bonchev–Trinajstić information content (AvgIpc) is 2.29. The first-order valence-electron chi connectivity index (χ1n) is 4.24. The van der Waals surface area contributed by atoms with Crippen LogP contribution in [-0.2, 0) is 6.61 Å². The third-order valence-corrected chi connectivity index (χ3v) is 1.65. The second kappa shape index (κ2) is 4.32. The van der Waals surface area contributed by atoms with Crippen molar-refractivity contribution >= 4 is 0 Å². The van der Waals surface area contributed by atoms with Crippen molar-refractivity contribution < 1.29 is 4.74 Å². The van der Waals surface area contributed by atoms with Crippen LogP contribution in [0.3, 0.4) is 0 Å². The van der Waals surface area contributed by atoms with Gasteiger partial charge in [0.2, 0.25) is 5.88 Å². The molecule has 0 aromatic carbocycles. The van der Waals surface area contributed by atoms with E-state index in [1.54, 1.807) is 18.5 Å². The monoisotopic (exact) mass is 187 g/mol. The highest BCUT2D eigenvalue weighted by atomic mass is 16.5. The number of hydrogen-bond acceptors (Lipinski definition) is 4. The van der Waals surface area contributed by atoms with Crippen LogP contribution >= 0.6 is 0 Å². The first-order chi connectivity index (χ1) is 6.95. The molecule has 0 aliphatic carbocycles. The number of hydrogen-bond donors (Lipinski definition) is 0. The van der Waals surface area contributed by atoms with E-state index in [1.165, 1.54) is 6.33 Å². The van der Waals surface area contributed by atoms with Gasteiger partial charge in [0, 0.05) is 18.5 Å². The predicted molar refractivity (Wildman–Crippen MR) is 50.6 cm³/mol. The summed E-state index contributed by atoms with van der Waals surface area (Å²) >= 11 is 0. The molecule has 2 heterocycles. The Morgan fingerprint density at radius 1 is 1.07 bits per heavy atom. The molecule has 0 spiro atoms. The van der Waals surface area contributed by atoms with Crippen LogP contribution in [0.5, 0.6) is 5.88 Å². The van der Waals surface area contributed by atoms with E-state index < -0.39 is 0 Å². The minimum Gasteiger partial charge on any atom is -0.471 e. The molecule has 0 fully saturated rings. The Hall–Kier alpha value is -1.97. The number of pyridine rings is 1. The van der Waals surface area contributed by atoms with Crippen LogP contribution in [-0.4, -0.2) is 15.0 Å². The molecule has 0 aliphatic rings. The fourth-order valence-corrected chi connectivity index (χ4v) is 0.995. The highest BCUT2D eigenvalue weighted by Gasteiger charge is 1.95. The van der Waals surface area contributed by atoms with E-state index >= 15 is 0 Å². The van der Waals surface area contributed by atoms with Crippen LogP contribution in [0.1, 0.15) is 5.69 Å². The van der Waals surface area contributed by atoms with Crippen molar-refractivity contribution in [1.29, 1.82) is 0 Å². The average molecular weight is 187 g/mol.